The molecule has 0 aliphatic rings. The summed E-state index contributed by atoms with van der Waals surface area (Å²) in [6.45, 7) is 5.91. The van der Waals surface area contributed by atoms with E-state index in [2.05, 4.69) is 4.98 Å². The minimum Gasteiger partial charge on any atom is -0.329 e. The van der Waals surface area contributed by atoms with Gasteiger partial charge in [0.25, 0.3) is 0 Å². The van der Waals surface area contributed by atoms with Gasteiger partial charge in [-0.2, -0.15) is 0 Å². The van der Waals surface area contributed by atoms with Crippen LogP contribution in [0.2, 0.25) is 0 Å². The summed E-state index contributed by atoms with van der Waals surface area (Å²) in [6.07, 6.45) is 5.23. The number of hydrogen-bond acceptors (Lipinski definition) is 3. The third-order valence-corrected chi connectivity index (χ3v) is 3.23. The number of rotatable bonds is 4. The van der Waals surface area contributed by atoms with Crippen molar-refractivity contribution >= 4 is 10.8 Å². The number of hydrogen-bond donors (Lipinski definition) is 1. The van der Waals surface area contributed by atoms with Crippen molar-refractivity contribution in [2.45, 2.75) is 32.4 Å². The van der Waals surface area contributed by atoms with Crippen molar-refractivity contribution < 1.29 is 4.21 Å². The molecule has 86 valence electrons. The van der Waals surface area contributed by atoms with E-state index in [1.165, 1.54) is 0 Å². The lowest BCUT2D eigenvalue weighted by molar-refractivity contribution is 0.467. The highest BCUT2D eigenvalue weighted by molar-refractivity contribution is 7.84. The molecule has 0 spiro atoms. The quantitative estimate of drug-likeness (QED) is 0.838. The van der Waals surface area contributed by atoms with Crippen LogP contribution >= 0.6 is 0 Å². The summed E-state index contributed by atoms with van der Waals surface area (Å²) >= 11 is 0. The Kier molecular flexibility index (Phi) is 3.67. The van der Waals surface area contributed by atoms with Gasteiger partial charge in [0, 0.05) is 35.0 Å². The van der Waals surface area contributed by atoms with Crippen LogP contribution in [0.1, 0.15) is 32.5 Å². The minimum absolute atomic E-state index is 0.163. The zero-order valence-corrected chi connectivity index (χ0v) is 10.5. The second-order valence-corrected chi connectivity index (χ2v) is 5.98. The molecule has 2 N–H and O–H groups in total. The van der Waals surface area contributed by atoms with Crippen molar-refractivity contribution in [3.8, 4) is 0 Å². The average molecular weight is 229 g/mol. The molecule has 0 radical (unpaired) electrons. The van der Waals surface area contributed by atoms with Crippen molar-refractivity contribution in [2.75, 3.05) is 12.0 Å². The molecule has 1 aromatic heterocycles. The summed E-state index contributed by atoms with van der Waals surface area (Å²) in [4.78, 5) is 4.10. The van der Waals surface area contributed by atoms with E-state index >= 15 is 0 Å². The smallest absolute Gasteiger partial charge is 0.0951 e. The maximum absolute atomic E-state index is 11.2. The molecule has 0 saturated heterocycles. The Balaban J connectivity index is 2.95. The predicted molar refractivity (Wildman–Crippen MR) is 63.1 cm³/mol. The summed E-state index contributed by atoms with van der Waals surface area (Å²) in [5.41, 5.74) is 6.59. The van der Waals surface area contributed by atoms with E-state index in [1.54, 1.807) is 18.8 Å². The lowest BCUT2D eigenvalue weighted by Crippen LogP contribution is -2.32. The molecule has 0 saturated carbocycles. The van der Waals surface area contributed by atoms with Crippen LogP contribution in [0.4, 0.5) is 0 Å². The number of nitrogens with two attached hydrogens (primary N) is 1. The molecule has 1 aromatic rings. The molecule has 0 bridgehead atoms. The zero-order valence-electron chi connectivity index (χ0n) is 9.73. The van der Waals surface area contributed by atoms with Gasteiger partial charge in [-0.3, -0.25) is 4.21 Å². The van der Waals surface area contributed by atoms with E-state index in [4.69, 9.17) is 5.73 Å². The third-order valence-electron chi connectivity index (χ3n) is 2.28. The van der Waals surface area contributed by atoms with E-state index in [0.717, 1.165) is 5.69 Å². The molecule has 1 rings (SSSR count). The van der Waals surface area contributed by atoms with E-state index in [-0.39, 0.29) is 6.04 Å². The fourth-order valence-electron chi connectivity index (χ4n) is 1.57. The first-order valence-electron chi connectivity index (χ1n) is 4.93. The van der Waals surface area contributed by atoms with E-state index < -0.39 is 16.3 Å². The zero-order chi connectivity index (χ0) is 11.6. The fourth-order valence-corrected chi connectivity index (χ4v) is 2.41. The summed E-state index contributed by atoms with van der Waals surface area (Å²) in [7, 11) is -0.805. The van der Waals surface area contributed by atoms with Gasteiger partial charge in [-0.15, -0.1) is 0 Å². The van der Waals surface area contributed by atoms with Gasteiger partial charge in [0.2, 0.25) is 0 Å². The number of imidazole rings is 1. The number of aromatic nitrogens is 2. The van der Waals surface area contributed by atoms with Gasteiger partial charge in [0.15, 0.2) is 0 Å². The van der Waals surface area contributed by atoms with Crippen LogP contribution in [0, 0.1) is 0 Å². The van der Waals surface area contributed by atoms with Crippen LogP contribution in [-0.2, 0) is 16.3 Å². The molecular formula is C10H19N3OS. The van der Waals surface area contributed by atoms with E-state index in [1.807, 2.05) is 25.3 Å². The van der Waals surface area contributed by atoms with Crippen molar-refractivity contribution in [1.82, 2.24) is 9.55 Å². The van der Waals surface area contributed by atoms with Crippen molar-refractivity contribution in [2.24, 2.45) is 5.73 Å². The molecule has 0 aromatic carbocycles. The molecule has 4 nitrogen and oxygen atoms in total. The maximum atomic E-state index is 11.2. The van der Waals surface area contributed by atoms with Gasteiger partial charge in [0.1, 0.15) is 0 Å². The van der Waals surface area contributed by atoms with Gasteiger partial charge in [-0.25, -0.2) is 4.98 Å². The second-order valence-electron chi connectivity index (χ2n) is 4.50. The largest absolute Gasteiger partial charge is 0.329 e. The predicted octanol–water partition coefficient (Wildman–Crippen LogP) is 1.02. The average Bonchev–Trinajstić information content (AvgIpc) is 2.48. The van der Waals surface area contributed by atoms with Crippen molar-refractivity contribution in [3.63, 3.8) is 0 Å². The highest BCUT2D eigenvalue weighted by Crippen LogP contribution is 2.20. The molecule has 0 amide bonds. The lowest BCUT2D eigenvalue weighted by Gasteiger charge is -2.24. The highest BCUT2D eigenvalue weighted by atomic mass is 32.2. The number of nitrogens with zero attached hydrogens (tertiary/aromatic N) is 2. The van der Waals surface area contributed by atoms with Crippen molar-refractivity contribution in [3.05, 3.63) is 18.2 Å². The SMILES string of the molecule is CC(CS(C)=O)n1cncc1C(C)(C)N. The first kappa shape index (κ1) is 12.4. The van der Waals surface area contributed by atoms with E-state index in [9.17, 15) is 4.21 Å². The third kappa shape index (κ3) is 3.14. The van der Waals surface area contributed by atoms with Crippen LogP contribution in [0.5, 0.6) is 0 Å². The molecule has 0 aliphatic carbocycles. The molecule has 2 unspecified atom stereocenters. The standard InChI is InChI=1S/C10H19N3OS/c1-8(6-15(4)14)13-7-12-5-9(13)10(2,3)11/h5,7-8H,6,11H2,1-4H3. The van der Waals surface area contributed by atoms with Gasteiger partial charge in [-0.1, -0.05) is 0 Å². The first-order chi connectivity index (χ1) is 6.82. The Labute approximate surface area is 93.3 Å². The van der Waals surface area contributed by atoms with E-state index in [0.29, 0.717) is 5.75 Å². The van der Waals surface area contributed by atoms with Crippen LogP contribution in [0.3, 0.4) is 0 Å². The Morgan fingerprint density at radius 1 is 1.67 bits per heavy atom. The molecule has 15 heavy (non-hydrogen) atoms. The van der Waals surface area contributed by atoms with Gasteiger partial charge in [0.05, 0.1) is 17.6 Å². The molecular weight excluding hydrogens is 210 g/mol. The van der Waals surface area contributed by atoms with Crippen LogP contribution in [0.15, 0.2) is 12.5 Å². The maximum Gasteiger partial charge on any atom is 0.0951 e. The molecule has 5 heteroatoms. The fraction of sp³-hybridized carbons (Fsp3) is 0.700. The Hall–Kier alpha value is -0.680. The Bertz CT molecular complexity index is 354. The van der Waals surface area contributed by atoms with Gasteiger partial charge >= 0.3 is 0 Å². The van der Waals surface area contributed by atoms with Gasteiger partial charge in [-0.05, 0) is 20.8 Å². The minimum atomic E-state index is -0.805. The molecule has 0 fully saturated rings. The van der Waals surface area contributed by atoms with Crippen LogP contribution in [0.25, 0.3) is 0 Å². The Morgan fingerprint density at radius 2 is 2.27 bits per heavy atom. The summed E-state index contributed by atoms with van der Waals surface area (Å²) < 4.78 is 13.2. The topological polar surface area (TPSA) is 60.9 Å². The van der Waals surface area contributed by atoms with Crippen LogP contribution in [-0.4, -0.2) is 25.8 Å². The molecule has 2 atom stereocenters. The summed E-state index contributed by atoms with van der Waals surface area (Å²) in [6, 6.07) is 0.163. The van der Waals surface area contributed by atoms with Gasteiger partial charge < -0.3 is 10.3 Å². The van der Waals surface area contributed by atoms with Crippen LogP contribution < -0.4 is 5.73 Å². The molecule has 1 heterocycles. The lowest BCUT2D eigenvalue weighted by atomic mass is 10.0. The highest BCUT2D eigenvalue weighted by Gasteiger charge is 2.21. The molecule has 0 aliphatic heterocycles. The second kappa shape index (κ2) is 4.45. The first-order valence-corrected chi connectivity index (χ1v) is 6.66. The normalized spacial score (nSPS) is 16.3. The summed E-state index contributed by atoms with van der Waals surface area (Å²) in [5.74, 6) is 0.624. The monoisotopic (exact) mass is 229 g/mol. The Morgan fingerprint density at radius 3 is 2.73 bits per heavy atom. The summed E-state index contributed by atoms with van der Waals surface area (Å²) in [5, 5.41) is 0. The van der Waals surface area contributed by atoms with Crippen molar-refractivity contribution in [1.29, 1.82) is 0 Å².